The molecule has 0 unspecified atom stereocenters. The van der Waals surface area contributed by atoms with E-state index < -0.39 is 0 Å². The molecule has 1 aliphatic heterocycles. The Morgan fingerprint density at radius 3 is 2.77 bits per heavy atom. The standard InChI is InChI=1S/C19H15N3O3S/c1-24-16-11-13(7-8-15(16)25-10-9-20)12-17-18(23)22-19(26-17)21-14-5-3-2-4-6-14/h2-8,11-12H,10H2,1H3,(H,21,22,23)/b17-12+. The number of nitrogens with zero attached hydrogens (tertiary/aromatic N) is 2. The van der Waals surface area contributed by atoms with Crippen molar-refractivity contribution < 1.29 is 14.3 Å². The van der Waals surface area contributed by atoms with Crippen molar-refractivity contribution in [1.29, 1.82) is 5.26 Å². The van der Waals surface area contributed by atoms with E-state index in [1.807, 2.05) is 36.4 Å². The van der Waals surface area contributed by atoms with Crippen molar-refractivity contribution in [2.75, 3.05) is 13.7 Å². The lowest BCUT2D eigenvalue weighted by molar-refractivity contribution is -0.115. The highest BCUT2D eigenvalue weighted by Crippen LogP contribution is 2.32. The highest BCUT2D eigenvalue weighted by Gasteiger charge is 2.23. The monoisotopic (exact) mass is 365 g/mol. The number of carbonyl (C=O) groups excluding carboxylic acids is 1. The molecule has 2 aromatic carbocycles. The van der Waals surface area contributed by atoms with Gasteiger partial charge >= 0.3 is 0 Å². The number of aliphatic imine (C=N–C) groups is 1. The minimum Gasteiger partial charge on any atom is -0.493 e. The zero-order valence-corrected chi connectivity index (χ0v) is 14.7. The number of nitrogens with one attached hydrogen (secondary N) is 1. The number of ether oxygens (including phenoxy) is 2. The molecule has 0 atom stereocenters. The predicted molar refractivity (Wildman–Crippen MR) is 101 cm³/mol. The van der Waals surface area contributed by atoms with Gasteiger partial charge in [-0.1, -0.05) is 24.3 Å². The summed E-state index contributed by atoms with van der Waals surface area (Å²) in [6.07, 6.45) is 1.75. The minimum absolute atomic E-state index is 0.0611. The molecule has 1 fully saturated rings. The number of carbonyl (C=O) groups is 1. The number of amidine groups is 1. The van der Waals surface area contributed by atoms with Crippen LogP contribution in [0.2, 0.25) is 0 Å². The second-order valence-corrected chi connectivity index (χ2v) is 6.21. The molecule has 1 amide bonds. The van der Waals surface area contributed by atoms with Crippen molar-refractivity contribution in [1.82, 2.24) is 5.32 Å². The van der Waals surface area contributed by atoms with Gasteiger partial charge in [-0.05, 0) is 47.7 Å². The van der Waals surface area contributed by atoms with Crippen molar-refractivity contribution in [3.05, 3.63) is 59.0 Å². The van der Waals surface area contributed by atoms with Gasteiger partial charge in [-0.3, -0.25) is 4.79 Å². The number of thioether (sulfide) groups is 1. The van der Waals surface area contributed by atoms with E-state index in [9.17, 15) is 4.79 Å². The zero-order valence-electron chi connectivity index (χ0n) is 13.9. The van der Waals surface area contributed by atoms with Crippen molar-refractivity contribution in [2.45, 2.75) is 0 Å². The molecule has 0 bridgehead atoms. The second-order valence-electron chi connectivity index (χ2n) is 5.17. The van der Waals surface area contributed by atoms with Crippen LogP contribution in [0.15, 0.2) is 58.4 Å². The quantitative estimate of drug-likeness (QED) is 0.820. The number of methoxy groups -OCH3 is 1. The number of amides is 1. The average Bonchev–Trinajstić information content (AvgIpc) is 3.00. The van der Waals surface area contributed by atoms with Crippen LogP contribution in [0.1, 0.15) is 5.56 Å². The number of hydrogen-bond donors (Lipinski definition) is 1. The number of benzene rings is 2. The van der Waals surface area contributed by atoms with Gasteiger partial charge in [0.15, 0.2) is 23.3 Å². The van der Waals surface area contributed by atoms with E-state index in [0.29, 0.717) is 21.6 Å². The van der Waals surface area contributed by atoms with E-state index in [4.69, 9.17) is 14.7 Å². The Labute approximate surface area is 155 Å². The molecular formula is C19H15N3O3S. The number of nitriles is 1. The Balaban J connectivity index is 1.80. The first-order valence-corrected chi connectivity index (χ1v) is 8.53. The fourth-order valence-corrected chi connectivity index (χ4v) is 3.10. The lowest BCUT2D eigenvalue weighted by atomic mass is 10.2. The number of rotatable bonds is 5. The first-order valence-electron chi connectivity index (χ1n) is 7.72. The number of hydrogen-bond acceptors (Lipinski definition) is 6. The van der Waals surface area contributed by atoms with Gasteiger partial charge in [0, 0.05) is 0 Å². The summed E-state index contributed by atoms with van der Waals surface area (Å²) in [5.41, 5.74) is 1.56. The molecule has 26 heavy (non-hydrogen) atoms. The van der Waals surface area contributed by atoms with E-state index in [1.54, 1.807) is 24.3 Å². The van der Waals surface area contributed by atoms with Gasteiger partial charge in [-0.15, -0.1) is 0 Å². The maximum atomic E-state index is 12.2. The van der Waals surface area contributed by atoms with Gasteiger partial charge in [-0.25, -0.2) is 4.99 Å². The Kier molecular flexibility index (Phi) is 5.56. The molecule has 0 saturated carbocycles. The van der Waals surface area contributed by atoms with Gasteiger partial charge in [-0.2, -0.15) is 5.26 Å². The molecule has 0 aliphatic carbocycles. The molecule has 0 spiro atoms. The van der Waals surface area contributed by atoms with Crippen LogP contribution in [0.4, 0.5) is 5.69 Å². The molecule has 1 aliphatic rings. The van der Waals surface area contributed by atoms with Crippen molar-refractivity contribution in [3.63, 3.8) is 0 Å². The average molecular weight is 365 g/mol. The van der Waals surface area contributed by atoms with Crippen LogP contribution in [0.25, 0.3) is 6.08 Å². The summed E-state index contributed by atoms with van der Waals surface area (Å²) in [4.78, 5) is 17.1. The summed E-state index contributed by atoms with van der Waals surface area (Å²) in [7, 11) is 1.52. The van der Waals surface area contributed by atoms with Crippen LogP contribution >= 0.6 is 11.8 Å². The van der Waals surface area contributed by atoms with Gasteiger partial charge in [0.2, 0.25) is 0 Å². The first-order chi connectivity index (χ1) is 12.7. The molecule has 2 aromatic rings. The predicted octanol–water partition coefficient (Wildman–Crippen LogP) is 3.49. The topological polar surface area (TPSA) is 83.7 Å². The Morgan fingerprint density at radius 1 is 1.23 bits per heavy atom. The van der Waals surface area contributed by atoms with Crippen LogP contribution in [0.5, 0.6) is 11.5 Å². The zero-order chi connectivity index (χ0) is 18.4. The van der Waals surface area contributed by atoms with Crippen LogP contribution in [-0.2, 0) is 4.79 Å². The van der Waals surface area contributed by atoms with Crippen molar-refractivity contribution >= 4 is 34.6 Å². The van der Waals surface area contributed by atoms with Gasteiger partial charge in [0.05, 0.1) is 17.7 Å². The lowest BCUT2D eigenvalue weighted by Gasteiger charge is -2.08. The highest BCUT2D eigenvalue weighted by atomic mass is 32.2. The van der Waals surface area contributed by atoms with E-state index in [1.165, 1.54) is 18.9 Å². The largest absolute Gasteiger partial charge is 0.493 e. The third-order valence-corrected chi connectivity index (χ3v) is 4.33. The molecule has 0 aromatic heterocycles. The maximum absolute atomic E-state index is 12.2. The Morgan fingerprint density at radius 2 is 2.04 bits per heavy atom. The summed E-state index contributed by atoms with van der Waals surface area (Å²) in [6, 6.07) is 16.6. The molecule has 7 heteroatoms. The van der Waals surface area contributed by atoms with Crippen LogP contribution < -0.4 is 14.8 Å². The molecular weight excluding hydrogens is 350 g/mol. The summed E-state index contributed by atoms with van der Waals surface area (Å²) >= 11 is 1.28. The van der Waals surface area contributed by atoms with Gasteiger partial charge in [0.25, 0.3) is 5.91 Å². The molecule has 1 saturated heterocycles. The summed E-state index contributed by atoms with van der Waals surface area (Å²) in [6.45, 7) is -0.0611. The lowest BCUT2D eigenvalue weighted by Crippen LogP contribution is -2.19. The molecule has 1 N–H and O–H groups in total. The van der Waals surface area contributed by atoms with Crippen molar-refractivity contribution in [2.24, 2.45) is 4.99 Å². The third-order valence-electron chi connectivity index (χ3n) is 3.42. The Bertz CT molecular complexity index is 917. The first kappa shape index (κ1) is 17.6. The number of para-hydroxylation sites is 1. The molecule has 0 radical (unpaired) electrons. The Hall–Kier alpha value is -3.24. The smallest absolute Gasteiger partial charge is 0.264 e. The van der Waals surface area contributed by atoms with Gasteiger partial charge < -0.3 is 14.8 Å². The SMILES string of the molecule is COc1cc(/C=C2/SC(=Nc3ccccc3)NC2=O)ccc1OCC#N. The summed E-state index contributed by atoms with van der Waals surface area (Å²) < 4.78 is 10.6. The highest BCUT2D eigenvalue weighted by molar-refractivity contribution is 8.18. The van der Waals surface area contributed by atoms with Crippen LogP contribution in [0.3, 0.4) is 0 Å². The fraction of sp³-hybridized carbons (Fsp3) is 0.105. The molecule has 3 rings (SSSR count). The van der Waals surface area contributed by atoms with Crippen molar-refractivity contribution in [3.8, 4) is 17.6 Å². The molecule has 6 nitrogen and oxygen atoms in total. The van der Waals surface area contributed by atoms with E-state index in [-0.39, 0.29) is 12.5 Å². The summed E-state index contributed by atoms with van der Waals surface area (Å²) in [5, 5.41) is 11.9. The van der Waals surface area contributed by atoms with E-state index in [0.717, 1.165) is 11.3 Å². The molecule has 1 heterocycles. The summed E-state index contributed by atoms with van der Waals surface area (Å²) in [5.74, 6) is 0.774. The fourth-order valence-electron chi connectivity index (χ4n) is 2.25. The minimum atomic E-state index is -0.201. The van der Waals surface area contributed by atoms with E-state index >= 15 is 0 Å². The third kappa shape index (κ3) is 4.23. The normalized spacial score (nSPS) is 16.4. The second kappa shape index (κ2) is 8.23. The van der Waals surface area contributed by atoms with Crippen LogP contribution in [-0.4, -0.2) is 24.8 Å². The molecule has 130 valence electrons. The van der Waals surface area contributed by atoms with Gasteiger partial charge in [0.1, 0.15) is 6.07 Å². The maximum Gasteiger partial charge on any atom is 0.264 e. The van der Waals surface area contributed by atoms with Crippen LogP contribution in [0, 0.1) is 11.3 Å². The van der Waals surface area contributed by atoms with E-state index in [2.05, 4.69) is 10.3 Å².